The minimum atomic E-state index is -4.58. The van der Waals surface area contributed by atoms with Crippen molar-refractivity contribution in [1.29, 1.82) is 0 Å². The lowest BCUT2D eigenvalue weighted by Gasteiger charge is -2.20. The van der Waals surface area contributed by atoms with E-state index in [0.29, 0.717) is 10.2 Å². The Morgan fingerprint density at radius 2 is 2.16 bits per heavy atom. The van der Waals surface area contributed by atoms with E-state index in [-0.39, 0.29) is 0 Å². The summed E-state index contributed by atoms with van der Waals surface area (Å²) in [6.45, 7) is 1.31. The number of aryl methyl sites for hydroxylation is 1. The first-order valence-corrected chi connectivity index (χ1v) is 6.09. The second-order valence-corrected chi connectivity index (χ2v) is 4.84. The Labute approximate surface area is 116 Å². The van der Waals surface area contributed by atoms with Crippen molar-refractivity contribution < 1.29 is 18.4 Å². The van der Waals surface area contributed by atoms with Crippen molar-refractivity contribution >= 4 is 27.5 Å². The highest BCUT2D eigenvalue weighted by Gasteiger charge is 2.42. The molecule has 1 rings (SSSR count). The first kappa shape index (κ1) is 15.6. The Kier molecular flexibility index (Phi) is 5.04. The number of nitrogens with zero attached hydrogens (tertiary/aromatic N) is 1. The van der Waals surface area contributed by atoms with Gasteiger partial charge in [-0.15, -0.1) is 0 Å². The monoisotopic (exact) mass is 339 g/mol. The second kappa shape index (κ2) is 6.14. The number of rotatable bonds is 4. The van der Waals surface area contributed by atoms with E-state index in [0.717, 1.165) is 5.56 Å². The van der Waals surface area contributed by atoms with E-state index in [1.54, 1.807) is 12.1 Å². The van der Waals surface area contributed by atoms with Crippen LogP contribution in [0.4, 0.5) is 18.9 Å². The second-order valence-electron chi connectivity index (χ2n) is 3.98. The highest BCUT2D eigenvalue weighted by atomic mass is 79.9. The highest BCUT2D eigenvalue weighted by Crippen LogP contribution is 2.29. The zero-order valence-corrected chi connectivity index (χ0v) is 11.6. The number of oxime groups is 1. The van der Waals surface area contributed by atoms with Gasteiger partial charge in [0.1, 0.15) is 5.92 Å². The Morgan fingerprint density at radius 1 is 1.53 bits per heavy atom. The van der Waals surface area contributed by atoms with Crippen molar-refractivity contribution in [3.05, 3.63) is 28.2 Å². The maximum Gasteiger partial charge on any atom is 0.400 e. The number of hydrogen-bond acceptors (Lipinski definition) is 3. The largest absolute Gasteiger partial charge is 0.409 e. The summed E-state index contributed by atoms with van der Waals surface area (Å²) in [6, 6.07) is 5.24. The number of anilines is 1. The molecule has 0 spiro atoms. The molecular formula is C11H13BrF3N3O. The van der Waals surface area contributed by atoms with Gasteiger partial charge in [0, 0.05) is 16.7 Å². The Balaban J connectivity index is 2.85. The fraction of sp³-hybridized carbons (Fsp3) is 0.364. The maximum absolute atomic E-state index is 12.7. The number of hydrogen-bond donors (Lipinski definition) is 3. The molecule has 0 saturated carbocycles. The molecular weight excluding hydrogens is 327 g/mol. The minimum absolute atomic E-state index is 0.512. The summed E-state index contributed by atoms with van der Waals surface area (Å²) in [5.74, 6) is -2.92. The van der Waals surface area contributed by atoms with Gasteiger partial charge in [-0.3, -0.25) is 0 Å². The predicted molar refractivity (Wildman–Crippen MR) is 70.3 cm³/mol. The van der Waals surface area contributed by atoms with Gasteiger partial charge in [0.2, 0.25) is 0 Å². The number of amidine groups is 1. The number of alkyl halides is 3. The van der Waals surface area contributed by atoms with Gasteiger partial charge in [0.05, 0.1) is 0 Å². The molecule has 1 atom stereocenters. The number of nitrogens with one attached hydrogen (secondary N) is 1. The van der Waals surface area contributed by atoms with Crippen LogP contribution in [0.25, 0.3) is 0 Å². The van der Waals surface area contributed by atoms with E-state index in [1.807, 2.05) is 13.0 Å². The summed E-state index contributed by atoms with van der Waals surface area (Å²) in [7, 11) is 0. The molecule has 4 N–H and O–H groups in total. The molecule has 0 aromatic heterocycles. The number of benzene rings is 1. The third-order valence-electron chi connectivity index (χ3n) is 2.49. The van der Waals surface area contributed by atoms with Crippen molar-refractivity contribution in [2.45, 2.75) is 13.1 Å². The lowest BCUT2D eigenvalue weighted by molar-refractivity contribution is -0.152. The molecule has 1 aromatic rings. The minimum Gasteiger partial charge on any atom is -0.409 e. The fourth-order valence-electron chi connectivity index (χ4n) is 1.44. The van der Waals surface area contributed by atoms with Crippen LogP contribution in [0.5, 0.6) is 0 Å². The van der Waals surface area contributed by atoms with Gasteiger partial charge in [-0.05, 0) is 40.5 Å². The zero-order chi connectivity index (χ0) is 14.6. The van der Waals surface area contributed by atoms with Crippen LogP contribution in [0.2, 0.25) is 0 Å². The van der Waals surface area contributed by atoms with Gasteiger partial charge in [-0.1, -0.05) is 11.2 Å². The van der Waals surface area contributed by atoms with E-state index in [2.05, 4.69) is 26.4 Å². The third-order valence-corrected chi connectivity index (χ3v) is 3.18. The number of nitrogens with two attached hydrogens (primary N) is 1. The maximum atomic E-state index is 12.7. The predicted octanol–water partition coefficient (Wildman–Crippen LogP) is 3.09. The molecule has 0 bridgehead atoms. The first-order valence-electron chi connectivity index (χ1n) is 5.30. The first-order chi connectivity index (χ1) is 8.75. The van der Waals surface area contributed by atoms with Gasteiger partial charge < -0.3 is 16.3 Å². The van der Waals surface area contributed by atoms with Crippen molar-refractivity contribution in [3.8, 4) is 0 Å². The summed E-state index contributed by atoms with van der Waals surface area (Å²) < 4.78 is 38.8. The molecule has 106 valence electrons. The molecule has 19 heavy (non-hydrogen) atoms. The van der Waals surface area contributed by atoms with Gasteiger partial charge in [0.25, 0.3) is 0 Å². The molecule has 1 aromatic carbocycles. The van der Waals surface area contributed by atoms with Gasteiger partial charge in [0.15, 0.2) is 5.84 Å². The summed E-state index contributed by atoms with van der Waals surface area (Å²) >= 11 is 3.23. The Hall–Kier alpha value is -1.44. The zero-order valence-electron chi connectivity index (χ0n) is 10.0. The lowest BCUT2D eigenvalue weighted by Crippen LogP contribution is -2.40. The molecule has 0 saturated heterocycles. The van der Waals surface area contributed by atoms with Crippen LogP contribution in [-0.4, -0.2) is 23.8 Å². The van der Waals surface area contributed by atoms with E-state index in [1.165, 1.54) is 0 Å². The molecule has 0 amide bonds. The van der Waals surface area contributed by atoms with Crippen LogP contribution in [0.1, 0.15) is 5.56 Å². The quantitative estimate of drug-likeness (QED) is 0.341. The number of halogens is 4. The molecule has 0 fully saturated rings. The fourth-order valence-corrected chi connectivity index (χ4v) is 1.83. The topological polar surface area (TPSA) is 70.6 Å². The van der Waals surface area contributed by atoms with Crippen LogP contribution in [0, 0.1) is 12.8 Å². The molecule has 1 unspecified atom stereocenters. The summed E-state index contributed by atoms with van der Waals surface area (Å²) in [5, 5.41) is 13.5. The summed E-state index contributed by atoms with van der Waals surface area (Å²) in [4.78, 5) is 0. The lowest BCUT2D eigenvalue weighted by atomic mass is 10.1. The highest BCUT2D eigenvalue weighted by molar-refractivity contribution is 9.10. The SMILES string of the molecule is Cc1ccc(Br)c(NCC(/C(N)=N/O)C(F)(F)F)c1. The summed E-state index contributed by atoms with van der Waals surface area (Å²) in [6.07, 6.45) is -4.58. The average Bonchev–Trinajstić information content (AvgIpc) is 2.31. The smallest absolute Gasteiger partial charge is 0.400 e. The van der Waals surface area contributed by atoms with Crippen LogP contribution >= 0.6 is 15.9 Å². The molecule has 8 heteroatoms. The van der Waals surface area contributed by atoms with Crippen LogP contribution < -0.4 is 11.1 Å². The van der Waals surface area contributed by atoms with Crippen LogP contribution in [0.15, 0.2) is 27.8 Å². The third kappa shape index (κ3) is 4.30. The van der Waals surface area contributed by atoms with Crippen molar-refractivity contribution in [1.82, 2.24) is 0 Å². The summed E-state index contributed by atoms with van der Waals surface area (Å²) in [5.41, 5.74) is 6.48. The Morgan fingerprint density at radius 3 is 2.68 bits per heavy atom. The average molecular weight is 340 g/mol. The van der Waals surface area contributed by atoms with Crippen molar-refractivity contribution in [2.24, 2.45) is 16.8 Å². The van der Waals surface area contributed by atoms with Gasteiger partial charge in [-0.25, -0.2) is 0 Å². The molecule has 0 radical (unpaired) electrons. The van der Waals surface area contributed by atoms with E-state index in [9.17, 15) is 13.2 Å². The van der Waals surface area contributed by atoms with Crippen molar-refractivity contribution in [3.63, 3.8) is 0 Å². The van der Waals surface area contributed by atoms with Gasteiger partial charge in [-0.2, -0.15) is 13.2 Å². The molecule has 0 aliphatic rings. The standard InChI is InChI=1S/C11H13BrF3N3O/c1-6-2-3-8(12)9(4-6)17-5-7(10(16)18-19)11(13,14)15/h2-4,7,17,19H,5H2,1H3,(H2,16,18). The normalized spacial score (nSPS) is 14.3. The molecule has 0 heterocycles. The van der Waals surface area contributed by atoms with Gasteiger partial charge >= 0.3 is 6.18 Å². The van der Waals surface area contributed by atoms with Crippen LogP contribution in [-0.2, 0) is 0 Å². The van der Waals surface area contributed by atoms with Crippen LogP contribution in [0.3, 0.4) is 0 Å². The van der Waals surface area contributed by atoms with E-state index in [4.69, 9.17) is 10.9 Å². The molecule has 0 aliphatic carbocycles. The van der Waals surface area contributed by atoms with E-state index < -0.39 is 24.5 Å². The Bertz CT molecular complexity index is 477. The molecule has 4 nitrogen and oxygen atoms in total. The van der Waals surface area contributed by atoms with Crippen molar-refractivity contribution in [2.75, 3.05) is 11.9 Å². The van der Waals surface area contributed by atoms with E-state index >= 15 is 0 Å². The molecule has 0 aliphatic heterocycles.